The zero-order valence-electron chi connectivity index (χ0n) is 29.4. The van der Waals surface area contributed by atoms with E-state index in [0.29, 0.717) is 44.0 Å². The smallest absolute Gasteiger partial charge is 0.224 e. The summed E-state index contributed by atoms with van der Waals surface area (Å²) < 4.78 is 25.0. The number of aliphatic hydroxyl groups excluding tert-OH is 1. The van der Waals surface area contributed by atoms with Gasteiger partial charge in [-0.2, -0.15) is 0 Å². The highest BCUT2D eigenvalue weighted by atomic mass is 16.7. The first kappa shape index (κ1) is 36.9. The molecule has 274 valence electrons. The summed E-state index contributed by atoms with van der Waals surface area (Å²) in [4.78, 5) is 27.2. The molecule has 3 atom stereocenters. The number of unbranched alkanes of at least 4 members (excludes halogenated alkanes) is 3. The van der Waals surface area contributed by atoms with Crippen LogP contribution in [0.15, 0.2) is 72.8 Å². The van der Waals surface area contributed by atoms with Gasteiger partial charge in [-0.25, -0.2) is 0 Å². The number of nitrogens with two attached hydrogens (primary N) is 1. The number of aliphatic hydroxyl groups is 1. The number of anilines is 2. The van der Waals surface area contributed by atoms with Crippen LogP contribution in [0, 0.1) is 0 Å². The molecule has 11 nitrogen and oxygen atoms in total. The maximum atomic E-state index is 12.5. The number of benzene rings is 3. The second kappa shape index (κ2) is 18.1. The van der Waals surface area contributed by atoms with Crippen molar-refractivity contribution in [1.29, 1.82) is 0 Å². The lowest BCUT2D eigenvalue weighted by molar-refractivity contribution is -0.255. The molecule has 3 aromatic rings. The summed E-state index contributed by atoms with van der Waals surface area (Å²) in [6.07, 6.45) is 5.93. The van der Waals surface area contributed by atoms with Gasteiger partial charge in [0.15, 0.2) is 12.1 Å². The highest BCUT2D eigenvalue weighted by molar-refractivity contribution is 5.93. The van der Waals surface area contributed by atoms with Crippen LogP contribution in [0.3, 0.4) is 0 Å². The number of nitrogen functional groups attached to an aromatic ring is 1. The van der Waals surface area contributed by atoms with Crippen LogP contribution >= 0.6 is 0 Å². The van der Waals surface area contributed by atoms with Gasteiger partial charge < -0.3 is 45.3 Å². The van der Waals surface area contributed by atoms with Crippen LogP contribution in [0.25, 0.3) is 0 Å². The predicted molar refractivity (Wildman–Crippen MR) is 194 cm³/mol. The molecule has 2 amide bonds. The molecule has 0 bridgehead atoms. The molecular weight excluding hydrogens is 648 g/mol. The Hall–Kier alpha value is -3.84. The molecule has 0 aromatic heterocycles. The van der Waals surface area contributed by atoms with Crippen LogP contribution in [0.4, 0.5) is 11.4 Å². The largest absolute Gasteiger partial charge is 0.397 e. The Morgan fingerprint density at radius 3 is 2.14 bits per heavy atom. The molecule has 3 aliphatic heterocycles. The second-order valence-electron chi connectivity index (χ2n) is 13.8. The molecule has 1 spiro atoms. The van der Waals surface area contributed by atoms with Crippen molar-refractivity contribution in [2.24, 2.45) is 0 Å². The summed E-state index contributed by atoms with van der Waals surface area (Å²) in [5.74, 6) is -0.441. The fraction of sp³-hybridized carbons (Fsp3) is 0.500. The number of nitrogens with one attached hydrogen (secondary N) is 2. The van der Waals surface area contributed by atoms with Crippen molar-refractivity contribution in [3.8, 4) is 0 Å². The third-order valence-electron chi connectivity index (χ3n) is 10.0. The number of amides is 2. The summed E-state index contributed by atoms with van der Waals surface area (Å²) in [7, 11) is 0. The molecule has 3 fully saturated rings. The first-order chi connectivity index (χ1) is 24.9. The highest BCUT2D eigenvalue weighted by Crippen LogP contribution is 2.39. The number of rotatable bonds is 15. The molecule has 3 aliphatic rings. The van der Waals surface area contributed by atoms with Gasteiger partial charge in [-0.15, -0.1) is 0 Å². The van der Waals surface area contributed by atoms with E-state index in [0.717, 1.165) is 86.8 Å². The number of nitrogens with zero attached hydrogens (tertiary/aromatic N) is 1. The zero-order valence-corrected chi connectivity index (χ0v) is 29.4. The van der Waals surface area contributed by atoms with Gasteiger partial charge >= 0.3 is 0 Å². The summed E-state index contributed by atoms with van der Waals surface area (Å²) in [6.45, 7) is 4.38. The fourth-order valence-electron chi connectivity index (χ4n) is 7.01. The SMILES string of the molecule is Nc1ccccc1NC(=O)CCCCCCC(=O)NCc1ccc([C@@H]2O[C@H](CN3CCC4(CC3)OCCO4)C[C@H](c3ccc(CO)cc3)O2)cc1. The van der Waals surface area contributed by atoms with E-state index in [4.69, 9.17) is 24.7 Å². The average Bonchev–Trinajstić information content (AvgIpc) is 3.62. The molecule has 3 saturated heterocycles. The van der Waals surface area contributed by atoms with Gasteiger partial charge in [0, 0.05) is 63.8 Å². The number of hydrogen-bond acceptors (Lipinski definition) is 9. The molecular formula is C40H52N4O7. The maximum absolute atomic E-state index is 12.5. The minimum absolute atomic E-state index is 0.00480. The van der Waals surface area contributed by atoms with Gasteiger partial charge in [-0.05, 0) is 41.7 Å². The number of piperidine rings is 1. The summed E-state index contributed by atoms with van der Waals surface area (Å²) >= 11 is 0. The Labute approximate surface area is 300 Å². The van der Waals surface area contributed by atoms with Crippen LogP contribution in [0.5, 0.6) is 0 Å². The molecule has 0 radical (unpaired) electrons. The van der Waals surface area contributed by atoms with Crippen LogP contribution < -0.4 is 16.4 Å². The number of hydrogen-bond donors (Lipinski definition) is 4. The van der Waals surface area contributed by atoms with E-state index in [1.165, 1.54) is 0 Å². The Bertz CT molecular complexity index is 1550. The molecule has 0 aliphatic carbocycles. The molecule has 11 heteroatoms. The first-order valence-electron chi connectivity index (χ1n) is 18.4. The highest BCUT2D eigenvalue weighted by Gasteiger charge is 2.41. The van der Waals surface area contributed by atoms with E-state index in [1.807, 2.05) is 60.7 Å². The summed E-state index contributed by atoms with van der Waals surface area (Å²) in [6, 6.07) is 23.2. The van der Waals surface area contributed by atoms with Gasteiger partial charge in [0.2, 0.25) is 11.8 Å². The van der Waals surface area contributed by atoms with Gasteiger partial charge in [-0.1, -0.05) is 73.5 Å². The lowest BCUT2D eigenvalue weighted by Gasteiger charge is -2.41. The van der Waals surface area contributed by atoms with Crippen molar-refractivity contribution in [1.82, 2.24) is 10.2 Å². The molecule has 6 rings (SSSR count). The van der Waals surface area contributed by atoms with E-state index in [1.54, 1.807) is 12.1 Å². The summed E-state index contributed by atoms with van der Waals surface area (Å²) in [5, 5.41) is 15.4. The van der Waals surface area contributed by atoms with Crippen LogP contribution in [0.1, 0.15) is 92.4 Å². The number of ether oxygens (including phenoxy) is 4. The average molecular weight is 701 g/mol. The minimum Gasteiger partial charge on any atom is -0.397 e. The van der Waals surface area contributed by atoms with E-state index in [-0.39, 0.29) is 30.6 Å². The third-order valence-corrected chi connectivity index (χ3v) is 10.0. The number of carbonyl (C=O) groups excluding carboxylic acids is 2. The minimum atomic E-state index is -0.532. The molecule has 5 N–H and O–H groups in total. The van der Waals surface area contributed by atoms with Gasteiger partial charge in [-0.3, -0.25) is 9.59 Å². The molecule has 0 unspecified atom stereocenters. The summed E-state index contributed by atoms with van der Waals surface area (Å²) in [5.41, 5.74) is 10.9. The Kier molecular flexibility index (Phi) is 13.1. The number of para-hydroxylation sites is 2. The quantitative estimate of drug-likeness (QED) is 0.115. The van der Waals surface area contributed by atoms with E-state index < -0.39 is 12.1 Å². The third kappa shape index (κ3) is 10.6. The molecule has 3 heterocycles. The lowest BCUT2D eigenvalue weighted by atomic mass is 9.98. The van der Waals surface area contributed by atoms with Crippen molar-refractivity contribution >= 4 is 23.2 Å². The normalized spacial score (nSPS) is 21.8. The predicted octanol–water partition coefficient (Wildman–Crippen LogP) is 5.74. The molecule has 51 heavy (non-hydrogen) atoms. The lowest BCUT2D eigenvalue weighted by Crippen LogP contribution is -2.48. The van der Waals surface area contributed by atoms with Crippen molar-refractivity contribution < 1.29 is 33.6 Å². The van der Waals surface area contributed by atoms with Crippen molar-refractivity contribution in [3.63, 3.8) is 0 Å². The monoisotopic (exact) mass is 700 g/mol. The second-order valence-corrected chi connectivity index (χ2v) is 13.8. The van der Waals surface area contributed by atoms with Crippen LogP contribution in [-0.4, -0.2) is 66.6 Å². The van der Waals surface area contributed by atoms with Crippen molar-refractivity contribution in [3.05, 3.63) is 95.1 Å². The maximum Gasteiger partial charge on any atom is 0.224 e. The van der Waals surface area contributed by atoms with Crippen molar-refractivity contribution in [2.75, 3.05) is 43.9 Å². The van der Waals surface area contributed by atoms with E-state index >= 15 is 0 Å². The Balaban J connectivity index is 0.943. The zero-order chi connectivity index (χ0) is 35.5. The van der Waals surface area contributed by atoms with Gasteiger partial charge in [0.25, 0.3) is 0 Å². The standard InChI is InChI=1S/C40H52N4O7/c41-34-7-5-6-8-35(34)43-38(47)10-4-2-1-3-9-37(46)42-26-29-11-17-32(18-12-29)39-50-33(25-36(51-39)31-15-13-30(28-45)14-16-31)27-44-21-19-40(20-22-44)48-23-24-49-40/h5-8,11-18,33,36,39,45H,1-4,9-10,19-28,41H2,(H,42,46)(H,43,47)/t33-,36+,39+/m0/s1. The first-order valence-corrected chi connectivity index (χ1v) is 18.4. The van der Waals surface area contributed by atoms with Crippen LogP contribution in [-0.2, 0) is 41.7 Å². The fourth-order valence-corrected chi connectivity index (χ4v) is 7.01. The van der Waals surface area contributed by atoms with Crippen molar-refractivity contribution in [2.45, 2.75) is 95.2 Å². The van der Waals surface area contributed by atoms with Gasteiger partial charge in [0.1, 0.15) is 0 Å². The van der Waals surface area contributed by atoms with Gasteiger partial charge in [0.05, 0.1) is 43.4 Å². The number of likely N-dealkylation sites (tertiary alicyclic amines) is 1. The van der Waals surface area contributed by atoms with E-state index in [9.17, 15) is 14.7 Å². The Morgan fingerprint density at radius 1 is 0.804 bits per heavy atom. The Morgan fingerprint density at radius 2 is 1.45 bits per heavy atom. The number of carbonyl (C=O) groups is 2. The molecule has 0 saturated carbocycles. The molecule has 3 aromatic carbocycles. The van der Waals surface area contributed by atoms with Crippen LogP contribution in [0.2, 0.25) is 0 Å². The topological polar surface area (TPSA) is 145 Å². The van der Waals surface area contributed by atoms with E-state index in [2.05, 4.69) is 15.5 Å².